The molecule has 72 valence electrons. The van der Waals surface area contributed by atoms with E-state index in [-0.39, 0.29) is 12.0 Å². The van der Waals surface area contributed by atoms with Crippen molar-refractivity contribution in [1.29, 1.82) is 0 Å². The van der Waals surface area contributed by atoms with E-state index in [1.165, 1.54) is 5.56 Å². The van der Waals surface area contributed by atoms with Crippen molar-refractivity contribution >= 4 is 0 Å². The van der Waals surface area contributed by atoms with Crippen LogP contribution in [0.5, 0.6) is 0 Å². The highest BCUT2D eigenvalue weighted by molar-refractivity contribution is 5.27. The Balaban J connectivity index is 2.87. The first-order chi connectivity index (χ1) is 6.03. The van der Waals surface area contributed by atoms with Gasteiger partial charge in [0.05, 0.1) is 6.61 Å². The highest BCUT2D eigenvalue weighted by Crippen LogP contribution is 2.22. The summed E-state index contributed by atoms with van der Waals surface area (Å²) >= 11 is 0. The van der Waals surface area contributed by atoms with Gasteiger partial charge in [-0.2, -0.15) is 0 Å². The summed E-state index contributed by atoms with van der Waals surface area (Å²) in [5.41, 5.74) is 2.60. The average molecular weight is 178 g/mol. The van der Waals surface area contributed by atoms with Crippen molar-refractivity contribution in [3.05, 3.63) is 35.4 Å². The normalized spacial score (nSPS) is 11.7. The minimum Gasteiger partial charge on any atom is -0.392 e. The first-order valence-corrected chi connectivity index (χ1v) is 4.70. The Morgan fingerprint density at radius 1 is 1.08 bits per heavy atom. The maximum absolute atomic E-state index is 9.12. The fourth-order valence-corrected chi connectivity index (χ4v) is 1.46. The molecule has 13 heavy (non-hydrogen) atoms. The fraction of sp³-hybridized carbons (Fsp3) is 0.500. The van der Waals surface area contributed by atoms with Gasteiger partial charge in [-0.1, -0.05) is 45.0 Å². The summed E-state index contributed by atoms with van der Waals surface area (Å²) in [5.74, 6) is 0. The Morgan fingerprint density at radius 3 is 2.08 bits per heavy atom. The van der Waals surface area contributed by atoms with Crippen molar-refractivity contribution in [1.82, 2.24) is 0 Å². The van der Waals surface area contributed by atoms with E-state index in [1.54, 1.807) is 0 Å². The van der Waals surface area contributed by atoms with E-state index in [2.05, 4.69) is 26.8 Å². The molecule has 1 nitrogen and oxygen atoms in total. The minimum absolute atomic E-state index is 0.145. The summed E-state index contributed by atoms with van der Waals surface area (Å²) < 4.78 is 0. The summed E-state index contributed by atoms with van der Waals surface area (Å²) in [6.07, 6.45) is 1.02. The highest BCUT2D eigenvalue weighted by Gasteiger charge is 2.12. The molecule has 0 amide bonds. The first kappa shape index (κ1) is 10.3. The third-order valence-corrected chi connectivity index (χ3v) is 2.01. The molecule has 1 N–H and O–H groups in total. The molecule has 0 atom stereocenters. The zero-order valence-electron chi connectivity index (χ0n) is 8.67. The molecule has 1 aromatic rings. The Labute approximate surface area is 80.4 Å². The predicted octanol–water partition coefficient (Wildman–Crippen LogP) is 2.77. The van der Waals surface area contributed by atoms with Crippen LogP contribution in [0.2, 0.25) is 0 Å². The molecule has 0 saturated heterocycles. The standard InChI is InChI=1S/C12H18O/c1-12(2,3)8-10-6-4-5-7-11(10)9-13/h4-7,13H,8-9H2,1-3H3. The van der Waals surface area contributed by atoms with Gasteiger partial charge in [0, 0.05) is 0 Å². The summed E-state index contributed by atoms with van der Waals surface area (Å²) in [4.78, 5) is 0. The first-order valence-electron chi connectivity index (χ1n) is 4.70. The van der Waals surface area contributed by atoms with Crippen molar-refractivity contribution in [3.63, 3.8) is 0 Å². The van der Waals surface area contributed by atoms with Crippen molar-refractivity contribution in [3.8, 4) is 0 Å². The van der Waals surface area contributed by atoms with Crippen LogP contribution in [0.3, 0.4) is 0 Å². The Morgan fingerprint density at radius 2 is 1.62 bits per heavy atom. The van der Waals surface area contributed by atoms with Gasteiger partial charge in [0.1, 0.15) is 0 Å². The maximum Gasteiger partial charge on any atom is 0.0684 e. The van der Waals surface area contributed by atoms with E-state index in [9.17, 15) is 0 Å². The third-order valence-electron chi connectivity index (χ3n) is 2.01. The predicted molar refractivity (Wildman–Crippen MR) is 55.5 cm³/mol. The van der Waals surface area contributed by atoms with Crippen molar-refractivity contribution in [2.75, 3.05) is 0 Å². The third kappa shape index (κ3) is 3.19. The molecular formula is C12H18O. The SMILES string of the molecule is CC(C)(C)Cc1ccccc1CO. The van der Waals surface area contributed by atoms with Crippen LogP contribution >= 0.6 is 0 Å². The van der Waals surface area contributed by atoms with E-state index in [4.69, 9.17) is 5.11 Å². The second-order valence-corrected chi connectivity index (χ2v) is 4.66. The second-order valence-electron chi connectivity index (χ2n) is 4.66. The van der Waals surface area contributed by atoms with Crippen LogP contribution < -0.4 is 0 Å². The number of benzene rings is 1. The number of hydrogen-bond acceptors (Lipinski definition) is 1. The highest BCUT2D eigenvalue weighted by atomic mass is 16.3. The lowest BCUT2D eigenvalue weighted by atomic mass is 9.86. The van der Waals surface area contributed by atoms with E-state index < -0.39 is 0 Å². The monoisotopic (exact) mass is 178 g/mol. The summed E-state index contributed by atoms with van der Waals surface area (Å²) in [5, 5.41) is 9.12. The van der Waals surface area contributed by atoms with Gasteiger partial charge in [-0.05, 0) is 23.0 Å². The summed E-state index contributed by atoms with van der Waals surface area (Å²) in [6.45, 7) is 6.77. The van der Waals surface area contributed by atoms with E-state index in [1.807, 2.05) is 18.2 Å². The lowest BCUT2D eigenvalue weighted by Crippen LogP contribution is -2.10. The van der Waals surface area contributed by atoms with Crippen LogP contribution in [0.4, 0.5) is 0 Å². The average Bonchev–Trinajstić information content (AvgIpc) is 2.02. The van der Waals surface area contributed by atoms with Crippen LogP contribution in [0.15, 0.2) is 24.3 Å². The van der Waals surface area contributed by atoms with Gasteiger partial charge in [-0.3, -0.25) is 0 Å². The van der Waals surface area contributed by atoms with E-state index in [0.717, 1.165) is 12.0 Å². The van der Waals surface area contributed by atoms with Crippen LogP contribution in [0, 0.1) is 5.41 Å². The van der Waals surface area contributed by atoms with Crippen LogP contribution in [0.25, 0.3) is 0 Å². The Bertz CT molecular complexity index is 271. The molecule has 1 heteroatoms. The number of hydrogen-bond donors (Lipinski definition) is 1. The smallest absolute Gasteiger partial charge is 0.0684 e. The van der Waals surface area contributed by atoms with Crippen LogP contribution in [-0.4, -0.2) is 5.11 Å². The number of aliphatic hydroxyl groups is 1. The van der Waals surface area contributed by atoms with Gasteiger partial charge in [0.2, 0.25) is 0 Å². The molecule has 0 aliphatic heterocycles. The van der Waals surface area contributed by atoms with Gasteiger partial charge in [-0.15, -0.1) is 0 Å². The molecule has 0 fully saturated rings. The summed E-state index contributed by atoms with van der Waals surface area (Å²) in [6, 6.07) is 8.08. The quantitative estimate of drug-likeness (QED) is 0.738. The Hall–Kier alpha value is -0.820. The zero-order valence-corrected chi connectivity index (χ0v) is 8.67. The molecule has 0 spiro atoms. The molecule has 0 aromatic heterocycles. The Kier molecular flexibility index (Phi) is 3.10. The molecular weight excluding hydrogens is 160 g/mol. The largest absolute Gasteiger partial charge is 0.392 e. The van der Waals surface area contributed by atoms with Gasteiger partial charge in [-0.25, -0.2) is 0 Å². The molecule has 0 heterocycles. The lowest BCUT2D eigenvalue weighted by Gasteiger charge is -2.19. The zero-order chi connectivity index (χ0) is 9.90. The fourth-order valence-electron chi connectivity index (χ4n) is 1.46. The maximum atomic E-state index is 9.12. The van der Waals surface area contributed by atoms with Crippen LogP contribution in [-0.2, 0) is 13.0 Å². The molecule has 0 radical (unpaired) electrons. The van der Waals surface area contributed by atoms with Crippen LogP contribution in [0.1, 0.15) is 31.9 Å². The van der Waals surface area contributed by atoms with Crippen molar-refractivity contribution in [2.24, 2.45) is 5.41 Å². The number of aliphatic hydroxyl groups excluding tert-OH is 1. The number of rotatable bonds is 2. The lowest BCUT2D eigenvalue weighted by molar-refractivity contribution is 0.279. The molecule has 0 unspecified atom stereocenters. The second kappa shape index (κ2) is 3.93. The molecule has 1 rings (SSSR count). The van der Waals surface area contributed by atoms with Gasteiger partial charge in [0.25, 0.3) is 0 Å². The molecule has 0 bridgehead atoms. The van der Waals surface area contributed by atoms with Crippen molar-refractivity contribution < 1.29 is 5.11 Å². The van der Waals surface area contributed by atoms with E-state index >= 15 is 0 Å². The molecule has 1 aromatic carbocycles. The molecule has 0 aliphatic rings. The van der Waals surface area contributed by atoms with Gasteiger partial charge < -0.3 is 5.11 Å². The molecule has 0 aliphatic carbocycles. The summed E-state index contributed by atoms with van der Waals surface area (Å²) in [7, 11) is 0. The van der Waals surface area contributed by atoms with E-state index in [0.29, 0.717) is 0 Å². The topological polar surface area (TPSA) is 20.2 Å². The van der Waals surface area contributed by atoms with Crippen molar-refractivity contribution in [2.45, 2.75) is 33.8 Å². The van der Waals surface area contributed by atoms with Gasteiger partial charge >= 0.3 is 0 Å². The van der Waals surface area contributed by atoms with Gasteiger partial charge in [0.15, 0.2) is 0 Å². The minimum atomic E-state index is 0.145. The molecule has 0 saturated carbocycles.